The number of allylic oxidation sites excluding steroid dienone is 1. The normalized spacial score (nSPS) is 15.6. The number of aromatic nitrogens is 2. The predicted molar refractivity (Wildman–Crippen MR) is 137 cm³/mol. The highest BCUT2D eigenvalue weighted by Gasteiger charge is 2.47. The summed E-state index contributed by atoms with van der Waals surface area (Å²) in [5, 5.41) is 2.77. The molecule has 0 spiro atoms. The number of likely N-dealkylation sites (tertiary alicyclic amines) is 1. The Bertz CT molecular complexity index is 1120. The van der Waals surface area contributed by atoms with Gasteiger partial charge in [-0.25, -0.2) is 9.78 Å². The van der Waals surface area contributed by atoms with Gasteiger partial charge in [0.15, 0.2) is 0 Å². The van der Waals surface area contributed by atoms with E-state index in [9.17, 15) is 9.59 Å². The number of aliphatic imine (C=N–C) groups is 1. The lowest BCUT2D eigenvalue weighted by atomic mass is 9.78. The standard InChI is InChI=1S/C26H34N6O3/c1-5-10-26(11-6-2)12-14-32(24(26)33)25(34)31-23-8-7-22(18(3)30-23)35-20-9-13-29-21(15-20)19(16-27)17-28-4/h7-9,13,15-17H,5-6,10-12,14,27H2,1-4H3,(H,30,31,34). The van der Waals surface area contributed by atoms with E-state index in [0.717, 1.165) is 25.7 Å². The van der Waals surface area contributed by atoms with Crippen molar-refractivity contribution in [3.05, 3.63) is 48.1 Å². The molecule has 1 aliphatic rings. The minimum absolute atomic E-state index is 0.0807. The molecule has 9 nitrogen and oxygen atoms in total. The second-order valence-electron chi connectivity index (χ2n) is 8.69. The number of urea groups is 1. The number of aryl methyl sites for hydroxylation is 1. The summed E-state index contributed by atoms with van der Waals surface area (Å²) in [6.45, 7) is 6.36. The summed E-state index contributed by atoms with van der Waals surface area (Å²) < 4.78 is 5.99. The molecule has 0 bridgehead atoms. The third kappa shape index (κ3) is 5.85. The number of nitrogens with two attached hydrogens (primary N) is 1. The van der Waals surface area contributed by atoms with Gasteiger partial charge >= 0.3 is 6.03 Å². The number of ether oxygens (including phenoxy) is 1. The van der Waals surface area contributed by atoms with Crippen molar-refractivity contribution in [1.82, 2.24) is 14.9 Å². The molecule has 2 aromatic heterocycles. The fourth-order valence-corrected chi connectivity index (χ4v) is 4.56. The second-order valence-corrected chi connectivity index (χ2v) is 8.69. The van der Waals surface area contributed by atoms with Crippen molar-refractivity contribution in [1.29, 1.82) is 0 Å². The fraction of sp³-hybridized carbons (Fsp3) is 0.423. The lowest BCUT2D eigenvalue weighted by Gasteiger charge is -2.26. The summed E-state index contributed by atoms with van der Waals surface area (Å²) >= 11 is 0. The molecule has 0 saturated carbocycles. The lowest BCUT2D eigenvalue weighted by Crippen LogP contribution is -2.40. The molecule has 186 valence electrons. The van der Waals surface area contributed by atoms with Crippen LogP contribution in [0.2, 0.25) is 0 Å². The zero-order chi connectivity index (χ0) is 25.4. The minimum Gasteiger partial charge on any atom is -0.455 e. The zero-order valence-corrected chi connectivity index (χ0v) is 20.9. The van der Waals surface area contributed by atoms with E-state index >= 15 is 0 Å². The predicted octanol–water partition coefficient (Wildman–Crippen LogP) is 4.93. The minimum atomic E-state index is -0.442. The van der Waals surface area contributed by atoms with Crippen molar-refractivity contribution < 1.29 is 14.3 Å². The Morgan fingerprint density at radius 2 is 2.03 bits per heavy atom. The van der Waals surface area contributed by atoms with E-state index in [1.807, 2.05) is 0 Å². The van der Waals surface area contributed by atoms with Gasteiger partial charge in [0.1, 0.15) is 17.3 Å². The van der Waals surface area contributed by atoms with Gasteiger partial charge in [-0.2, -0.15) is 0 Å². The van der Waals surface area contributed by atoms with Gasteiger partial charge in [0.2, 0.25) is 5.91 Å². The van der Waals surface area contributed by atoms with Gasteiger partial charge in [-0.3, -0.25) is 25.0 Å². The fourth-order valence-electron chi connectivity index (χ4n) is 4.56. The average molecular weight is 479 g/mol. The average Bonchev–Trinajstić information content (AvgIpc) is 3.15. The van der Waals surface area contributed by atoms with Gasteiger partial charge in [-0.15, -0.1) is 0 Å². The number of amides is 3. The van der Waals surface area contributed by atoms with Gasteiger partial charge in [-0.05, 0) is 44.4 Å². The second kappa shape index (κ2) is 11.6. The van der Waals surface area contributed by atoms with Crippen LogP contribution in [-0.4, -0.2) is 46.6 Å². The molecule has 35 heavy (non-hydrogen) atoms. The third-order valence-corrected chi connectivity index (χ3v) is 6.19. The highest BCUT2D eigenvalue weighted by atomic mass is 16.5. The Kier molecular flexibility index (Phi) is 8.57. The number of pyridine rings is 2. The monoisotopic (exact) mass is 478 g/mol. The third-order valence-electron chi connectivity index (χ3n) is 6.19. The quantitative estimate of drug-likeness (QED) is 0.493. The van der Waals surface area contributed by atoms with Crippen LogP contribution in [0.15, 0.2) is 41.7 Å². The molecule has 1 saturated heterocycles. The van der Waals surface area contributed by atoms with Crippen molar-refractivity contribution >= 4 is 29.5 Å². The Morgan fingerprint density at radius 1 is 1.29 bits per heavy atom. The first-order chi connectivity index (χ1) is 16.9. The van der Waals surface area contributed by atoms with E-state index in [2.05, 4.69) is 34.1 Å². The summed E-state index contributed by atoms with van der Waals surface area (Å²) in [6.07, 6.45) is 8.82. The first-order valence-electron chi connectivity index (χ1n) is 12.0. The molecule has 3 heterocycles. The smallest absolute Gasteiger partial charge is 0.329 e. The van der Waals surface area contributed by atoms with Crippen LogP contribution in [0, 0.1) is 12.3 Å². The molecule has 3 rings (SSSR count). The molecule has 9 heteroatoms. The van der Waals surface area contributed by atoms with Crippen molar-refractivity contribution in [3.63, 3.8) is 0 Å². The topological polar surface area (TPSA) is 123 Å². The molecular formula is C26H34N6O3. The maximum Gasteiger partial charge on any atom is 0.329 e. The SMILES string of the molecule is CCCC1(CCC)CCN(C(=O)Nc2ccc(Oc3ccnc(C(C=NC)=CN)c3)c(C)n2)C1=O. The molecule has 1 aliphatic heterocycles. The molecule has 2 aromatic rings. The van der Waals surface area contributed by atoms with Crippen molar-refractivity contribution in [2.75, 3.05) is 18.9 Å². The number of hydrogen-bond acceptors (Lipinski definition) is 7. The van der Waals surface area contributed by atoms with Crippen molar-refractivity contribution in [2.45, 2.75) is 52.9 Å². The van der Waals surface area contributed by atoms with E-state index in [1.54, 1.807) is 50.6 Å². The largest absolute Gasteiger partial charge is 0.455 e. The van der Waals surface area contributed by atoms with Gasteiger partial charge in [-0.1, -0.05) is 26.7 Å². The van der Waals surface area contributed by atoms with Crippen LogP contribution in [0.3, 0.4) is 0 Å². The maximum atomic E-state index is 13.1. The van der Waals surface area contributed by atoms with Crippen molar-refractivity contribution in [2.24, 2.45) is 16.1 Å². The number of hydrogen-bond donors (Lipinski definition) is 2. The Morgan fingerprint density at radius 3 is 2.66 bits per heavy atom. The molecule has 1 fully saturated rings. The van der Waals surface area contributed by atoms with Crippen LogP contribution in [0.4, 0.5) is 10.6 Å². The first kappa shape index (κ1) is 25.9. The maximum absolute atomic E-state index is 13.1. The van der Waals surface area contributed by atoms with E-state index in [0.29, 0.717) is 47.2 Å². The van der Waals surface area contributed by atoms with E-state index < -0.39 is 11.4 Å². The summed E-state index contributed by atoms with van der Waals surface area (Å²) in [5.74, 6) is 1.37. The first-order valence-corrected chi connectivity index (χ1v) is 12.0. The summed E-state index contributed by atoms with van der Waals surface area (Å²) in [6, 6.07) is 6.43. The summed E-state index contributed by atoms with van der Waals surface area (Å²) in [4.78, 5) is 40.0. The van der Waals surface area contributed by atoms with Gasteiger partial charge in [0.25, 0.3) is 0 Å². The molecule has 0 aromatic carbocycles. The Hall–Kier alpha value is -3.75. The molecular weight excluding hydrogens is 444 g/mol. The summed E-state index contributed by atoms with van der Waals surface area (Å²) in [5.41, 5.74) is 7.13. The van der Waals surface area contributed by atoms with Crippen LogP contribution in [0.25, 0.3) is 5.57 Å². The highest BCUT2D eigenvalue weighted by molar-refractivity contribution is 6.08. The number of anilines is 1. The number of rotatable bonds is 9. The molecule has 0 atom stereocenters. The molecule has 3 amide bonds. The van der Waals surface area contributed by atoms with E-state index in [-0.39, 0.29) is 5.91 Å². The summed E-state index contributed by atoms with van der Waals surface area (Å²) in [7, 11) is 1.66. The molecule has 0 unspecified atom stereocenters. The van der Waals surface area contributed by atoms with E-state index in [1.165, 1.54) is 11.1 Å². The van der Waals surface area contributed by atoms with E-state index in [4.69, 9.17) is 10.5 Å². The lowest BCUT2D eigenvalue weighted by molar-refractivity contribution is -0.134. The van der Waals surface area contributed by atoms with Crippen LogP contribution >= 0.6 is 0 Å². The molecule has 3 N–H and O–H groups in total. The van der Waals surface area contributed by atoms with Gasteiger partial charge in [0.05, 0.1) is 16.8 Å². The molecule has 0 aliphatic carbocycles. The Balaban J connectivity index is 1.70. The van der Waals surface area contributed by atoms with Crippen LogP contribution in [0.1, 0.15) is 57.3 Å². The highest BCUT2D eigenvalue weighted by Crippen LogP contribution is 2.41. The zero-order valence-electron chi connectivity index (χ0n) is 20.9. The van der Waals surface area contributed by atoms with Gasteiger partial charge < -0.3 is 10.5 Å². The number of carbonyl (C=O) groups excluding carboxylic acids is 2. The number of carbonyl (C=O) groups is 2. The number of imide groups is 1. The Labute approximate surface area is 206 Å². The van der Waals surface area contributed by atoms with Crippen LogP contribution < -0.4 is 15.8 Å². The van der Waals surface area contributed by atoms with Crippen LogP contribution in [0.5, 0.6) is 11.5 Å². The van der Waals surface area contributed by atoms with Crippen molar-refractivity contribution in [3.8, 4) is 11.5 Å². The number of nitrogens with one attached hydrogen (secondary N) is 1. The number of nitrogens with zero attached hydrogens (tertiary/aromatic N) is 4. The molecule has 0 radical (unpaired) electrons. The van der Waals surface area contributed by atoms with Gasteiger partial charge in [0, 0.05) is 43.8 Å². The van der Waals surface area contributed by atoms with Crippen LogP contribution in [-0.2, 0) is 4.79 Å².